The highest BCUT2D eigenvalue weighted by molar-refractivity contribution is 7.16. The maximum Gasteiger partial charge on any atom is 0.279 e. The minimum atomic E-state index is -0.375. The largest absolute Gasteiger partial charge is 0.495 e. The number of thiazole rings is 1. The second kappa shape index (κ2) is 9.72. The molecule has 0 aliphatic heterocycles. The van der Waals surface area contributed by atoms with Crippen LogP contribution in [-0.4, -0.2) is 37.1 Å². The van der Waals surface area contributed by atoms with E-state index in [9.17, 15) is 9.59 Å². The van der Waals surface area contributed by atoms with Crippen molar-refractivity contribution in [3.05, 3.63) is 94.3 Å². The molecule has 0 bridgehead atoms. The molecule has 1 aromatic heterocycles. The fourth-order valence-electron chi connectivity index (χ4n) is 3.41. The number of methoxy groups -OCH3 is 2. The summed E-state index contributed by atoms with van der Waals surface area (Å²) in [6, 6.07) is 21.4. The molecule has 3 aromatic carbocycles. The van der Waals surface area contributed by atoms with Crippen LogP contribution in [0.2, 0.25) is 0 Å². The van der Waals surface area contributed by atoms with Crippen molar-refractivity contribution >= 4 is 33.2 Å². The van der Waals surface area contributed by atoms with Gasteiger partial charge in [0.25, 0.3) is 5.91 Å². The first-order valence-corrected chi connectivity index (χ1v) is 10.9. The third-order valence-corrected chi connectivity index (χ3v) is 6.07. The topological polar surface area (TPSA) is 69.9 Å². The van der Waals surface area contributed by atoms with Crippen LogP contribution in [-0.2, 0) is 11.3 Å². The van der Waals surface area contributed by atoms with Crippen LogP contribution in [0.5, 0.6) is 5.75 Å². The summed E-state index contributed by atoms with van der Waals surface area (Å²) < 4.78 is 13.7. The zero-order valence-electron chi connectivity index (χ0n) is 17.8. The first kappa shape index (κ1) is 21.7. The number of fused-ring (bicyclic) bond motifs is 1. The summed E-state index contributed by atoms with van der Waals surface area (Å²) in [4.78, 5) is 30.4. The first-order valence-electron chi connectivity index (χ1n) is 10.1. The van der Waals surface area contributed by atoms with Gasteiger partial charge in [-0.25, -0.2) is 0 Å². The maximum absolute atomic E-state index is 12.9. The molecule has 0 fully saturated rings. The molecule has 4 aromatic rings. The van der Waals surface area contributed by atoms with Gasteiger partial charge in [-0.05, 0) is 24.3 Å². The molecule has 0 aliphatic rings. The normalized spacial score (nSPS) is 11.6. The monoisotopic (exact) mass is 446 g/mol. The molecule has 4 rings (SSSR count). The van der Waals surface area contributed by atoms with Crippen molar-refractivity contribution in [2.75, 3.05) is 20.8 Å². The van der Waals surface area contributed by atoms with Gasteiger partial charge in [0.05, 0.1) is 18.4 Å². The van der Waals surface area contributed by atoms with Gasteiger partial charge in [0.1, 0.15) is 11.3 Å². The van der Waals surface area contributed by atoms with Crippen molar-refractivity contribution in [2.45, 2.75) is 6.54 Å². The van der Waals surface area contributed by atoms with Crippen LogP contribution in [0.1, 0.15) is 26.3 Å². The number of hydrogen-bond acceptors (Lipinski definition) is 5. The lowest BCUT2D eigenvalue weighted by Crippen LogP contribution is -2.19. The number of para-hydroxylation sites is 1. The van der Waals surface area contributed by atoms with Crippen molar-refractivity contribution in [1.29, 1.82) is 0 Å². The lowest BCUT2D eigenvalue weighted by Gasteiger charge is -2.08. The van der Waals surface area contributed by atoms with Crippen LogP contribution in [0.3, 0.4) is 0 Å². The molecular weight excluding hydrogens is 424 g/mol. The molecule has 1 heterocycles. The van der Waals surface area contributed by atoms with E-state index in [2.05, 4.69) is 4.99 Å². The van der Waals surface area contributed by atoms with Crippen molar-refractivity contribution < 1.29 is 19.1 Å². The Hall–Kier alpha value is -3.55. The Kier molecular flexibility index (Phi) is 6.58. The van der Waals surface area contributed by atoms with Gasteiger partial charge in [0, 0.05) is 30.3 Å². The molecule has 0 aliphatic carbocycles. The van der Waals surface area contributed by atoms with Gasteiger partial charge < -0.3 is 14.0 Å². The number of nitrogens with zero attached hydrogens (tertiary/aromatic N) is 2. The number of hydrogen-bond donors (Lipinski definition) is 0. The van der Waals surface area contributed by atoms with Crippen LogP contribution in [0.25, 0.3) is 10.2 Å². The average Bonchev–Trinajstić information content (AvgIpc) is 3.19. The molecule has 162 valence electrons. The standard InChI is InChI=1S/C25H22N2O4S/c1-30-16-15-27-22-20(31-2)9-6-10-21(22)32-25(27)26-24(29)19-13-11-18(12-14-19)23(28)17-7-4-3-5-8-17/h3-14H,15-16H2,1-2H3. The maximum atomic E-state index is 12.9. The molecule has 0 unspecified atom stereocenters. The van der Waals surface area contributed by atoms with E-state index in [4.69, 9.17) is 9.47 Å². The molecular formula is C25H22N2O4S. The smallest absolute Gasteiger partial charge is 0.279 e. The lowest BCUT2D eigenvalue weighted by molar-refractivity contribution is 0.0994. The van der Waals surface area contributed by atoms with E-state index in [0.717, 1.165) is 10.2 Å². The molecule has 0 spiro atoms. The Morgan fingerprint density at radius 3 is 2.25 bits per heavy atom. The van der Waals surface area contributed by atoms with E-state index < -0.39 is 0 Å². The highest BCUT2D eigenvalue weighted by Gasteiger charge is 2.14. The summed E-state index contributed by atoms with van der Waals surface area (Å²) in [6.45, 7) is 1.01. The lowest BCUT2D eigenvalue weighted by atomic mass is 10.0. The number of carbonyl (C=O) groups is 2. The molecule has 6 nitrogen and oxygen atoms in total. The molecule has 0 atom stereocenters. The molecule has 0 radical (unpaired) electrons. The summed E-state index contributed by atoms with van der Waals surface area (Å²) >= 11 is 1.42. The second-order valence-corrected chi connectivity index (χ2v) is 8.03. The average molecular weight is 447 g/mol. The molecule has 32 heavy (non-hydrogen) atoms. The van der Waals surface area contributed by atoms with Gasteiger partial charge >= 0.3 is 0 Å². The Bertz CT molecular complexity index is 1320. The van der Waals surface area contributed by atoms with E-state index >= 15 is 0 Å². The highest BCUT2D eigenvalue weighted by Crippen LogP contribution is 2.27. The Labute approximate surface area is 189 Å². The predicted molar refractivity (Wildman–Crippen MR) is 124 cm³/mol. The molecule has 0 N–H and O–H groups in total. The van der Waals surface area contributed by atoms with Crippen LogP contribution in [0, 0.1) is 0 Å². The van der Waals surface area contributed by atoms with E-state index in [1.807, 2.05) is 41.0 Å². The summed E-state index contributed by atoms with van der Waals surface area (Å²) in [7, 11) is 3.25. The number of benzene rings is 3. The molecule has 0 saturated heterocycles. The van der Waals surface area contributed by atoms with Crippen LogP contribution < -0.4 is 9.54 Å². The number of aromatic nitrogens is 1. The quantitative estimate of drug-likeness (QED) is 0.396. The van der Waals surface area contributed by atoms with Crippen molar-refractivity contribution in [2.24, 2.45) is 4.99 Å². The Balaban J connectivity index is 1.68. The first-order chi connectivity index (χ1) is 15.6. The number of rotatable bonds is 7. The number of ketones is 1. The minimum absolute atomic E-state index is 0.0875. The van der Waals surface area contributed by atoms with Gasteiger partial charge in [-0.3, -0.25) is 9.59 Å². The van der Waals surface area contributed by atoms with Crippen molar-refractivity contribution in [3.8, 4) is 5.75 Å². The van der Waals surface area contributed by atoms with Crippen LogP contribution in [0.15, 0.2) is 77.8 Å². The summed E-state index contributed by atoms with van der Waals surface area (Å²) in [5.74, 6) is 0.253. The van der Waals surface area contributed by atoms with Crippen LogP contribution >= 0.6 is 11.3 Å². The molecule has 7 heteroatoms. The Morgan fingerprint density at radius 2 is 1.56 bits per heavy atom. The summed E-state index contributed by atoms with van der Waals surface area (Å²) in [6.07, 6.45) is 0. The van der Waals surface area contributed by atoms with Gasteiger partial charge in [0.2, 0.25) is 0 Å². The predicted octanol–water partition coefficient (Wildman–Crippen LogP) is 4.33. The SMILES string of the molecule is COCCn1c(=NC(=O)c2ccc(C(=O)c3ccccc3)cc2)sc2cccc(OC)c21. The van der Waals surface area contributed by atoms with E-state index in [1.54, 1.807) is 50.6 Å². The number of ether oxygens (including phenoxy) is 2. The number of amides is 1. The highest BCUT2D eigenvalue weighted by atomic mass is 32.1. The third kappa shape index (κ3) is 4.39. The number of carbonyl (C=O) groups excluding carboxylic acids is 2. The third-order valence-electron chi connectivity index (χ3n) is 5.03. The van der Waals surface area contributed by atoms with Gasteiger partial charge in [0.15, 0.2) is 10.6 Å². The van der Waals surface area contributed by atoms with Crippen molar-refractivity contribution in [3.63, 3.8) is 0 Å². The summed E-state index contributed by atoms with van der Waals surface area (Å²) in [5.41, 5.74) is 2.42. The van der Waals surface area contributed by atoms with Gasteiger partial charge in [-0.15, -0.1) is 0 Å². The van der Waals surface area contributed by atoms with E-state index in [1.165, 1.54) is 11.3 Å². The van der Waals surface area contributed by atoms with Crippen LogP contribution in [0.4, 0.5) is 0 Å². The van der Waals surface area contributed by atoms with E-state index in [-0.39, 0.29) is 11.7 Å². The zero-order valence-corrected chi connectivity index (χ0v) is 18.6. The van der Waals surface area contributed by atoms with Gasteiger partial charge in [-0.2, -0.15) is 4.99 Å². The Morgan fingerprint density at radius 1 is 0.875 bits per heavy atom. The fourth-order valence-corrected chi connectivity index (χ4v) is 4.48. The molecule has 1 amide bonds. The van der Waals surface area contributed by atoms with Crippen molar-refractivity contribution in [1.82, 2.24) is 4.57 Å². The second-order valence-electron chi connectivity index (χ2n) is 7.03. The minimum Gasteiger partial charge on any atom is -0.495 e. The zero-order chi connectivity index (χ0) is 22.5. The van der Waals surface area contributed by atoms with Gasteiger partial charge in [-0.1, -0.05) is 59.9 Å². The molecule has 0 saturated carbocycles. The van der Waals surface area contributed by atoms with E-state index in [0.29, 0.717) is 40.4 Å². The fraction of sp³-hybridized carbons (Fsp3) is 0.160. The summed E-state index contributed by atoms with van der Waals surface area (Å²) in [5, 5.41) is 0.